The van der Waals surface area contributed by atoms with Crippen molar-refractivity contribution in [1.82, 2.24) is 9.97 Å². The first-order valence-corrected chi connectivity index (χ1v) is 5.44. The van der Waals surface area contributed by atoms with Crippen molar-refractivity contribution in [1.29, 1.82) is 0 Å². The van der Waals surface area contributed by atoms with Gasteiger partial charge in [-0.05, 0) is 26.7 Å². The summed E-state index contributed by atoms with van der Waals surface area (Å²) in [5.74, 6) is 1.11. The Hall–Kier alpha value is -1.03. The third-order valence-electron chi connectivity index (χ3n) is 2.95. The molecule has 0 spiro atoms. The fourth-order valence-corrected chi connectivity index (χ4v) is 2.26. The molecule has 2 heterocycles. The average molecular weight is 227 g/mol. The highest BCUT2D eigenvalue weighted by atomic mass is 35.5. The number of hydrogen-bond acceptors (Lipinski definition) is 4. The lowest BCUT2D eigenvalue weighted by molar-refractivity contribution is 0.514. The van der Waals surface area contributed by atoms with Crippen molar-refractivity contribution in [3.63, 3.8) is 0 Å². The number of rotatable bonds is 1. The van der Waals surface area contributed by atoms with Crippen LogP contribution in [0.3, 0.4) is 0 Å². The van der Waals surface area contributed by atoms with Gasteiger partial charge in [-0.25, -0.2) is 9.97 Å². The van der Waals surface area contributed by atoms with Crippen LogP contribution in [0, 0.1) is 0 Å². The molecular formula is C10H15ClN4. The van der Waals surface area contributed by atoms with Gasteiger partial charge in [0.25, 0.3) is 0 Å². The minimum atomic E-state index is 0.102. The first-order valence-electron chi connectivity index (χ1n) is 5.06. The largest absolute Gasteiger partial charge is 0.382 e. The summed E-state index contributed by atoms with van der Waals surface area (Å²) in [4.78, 5) is 10.3. The summed E-state index contributed by atoms with van der Waals surface area (Å²) in [6, 6.07) is 0. The van der Waals surface area contributed by atoms with E-state index in [1.807, 2.05) is 0 Å². The van der Waals surface area contributed by atoms with E-state index < -0.39 is 0 Å². The van der Waals surface area contributed by atoms with E-state index in [1.54, 1.807) is 0 Å². The Morgan fingerprint density at radius 2 is 2.20 bits per heavy atom. The normalized spacial score (nSPS) is 19.5. The van der Waals surface area contributed by atoms with Gasteiger partial charge >= 0.3 is 0 Å². The first-order chi connectivity index (χ1) is 7.02. The third kappa shape index (κ3) is 1.74. The van der Waals surface area contributed by atoms with Gasteiger partial charge in [-0.15, -0.1) is 0 Å². The van der Waals surface area contributed by atoms with Crippen molar-refractivity contribution < 1.29 is 0 Å². The molecule has 5 heteroatoms. The zero-order valence-corrected chi connectivity index (χ0v) is 9.75. The Kier molecular flexibility index (Phi) is 2.46. The number of aromatic nitrogens is 2. The smallest absolute Gasteiger partial charge is 0.153 e. The van der Waals surface area contributed by atoms with Gasteiger partial charge in [-0.2, -0.15) is 0 Å². The van der Waals surface area contributed by atoms with Crippen molar-refractivity contribution in [2.45, 2.75) is 32.2 Å². The summed E-state index contributed by atoms with van der Waals surface area (Å²) >= 11 is 6.11. The van der Waals surface area contributed by atoms with E-state index in [0.717, 1.165) is 25.2 Å². The molecule has 0 amide bonds. The number of halogens is 1. The molecule has 1 saturated heterocycles. The molecule has 1 aliphatic heterocycles. The van der Waals surface area contributed by atoms with E-state index in [9.17, 15) is 0 Å². The van der Waals surface area contributed by atoms with Gasteiger partial charge in [0.15, 0.2) is 5.82 Å². The number of nitrogen functional groups attached to an aromatic ring is 1. The highest BCUT2D eigenvalue weighted by Gasteiger charge is 2.34. The Morgan fingerprint density at radius 3 is 2.80 bits per heavy atom. The van der Waals surface area contributed by atoms with E-state index in [-0.39, 0.29) is 5.54 Å². The second-order valence-corrected chi connectivity index (χ2v) is 4.84. The topological polar surface area (TPSA) is 55.0 Å². The average Bonchev–Trinajstić information content (AvgIpc) is 2.50. The molecule has 0 radical (unpaired) electrons. The molecule has 82 valence electrons. The van der Waals surface area contributed by atoms with Gasteiger partial charge in [-0.3, -0.25) is 0 Å². The fourth-order valence-electron chi connectivity index (χ4n) is 2.06. The minimum Gasteiger partial charge on any atom is -0.382 e. The molecule has 0 aromatic carbocycles. The van der Waals surface area contributed by atoms with Gasteiger partial charge in [-0.1, -0.05) is 11.6 Å². The molecule has 1 aromatic rings. The zero-order chi connectivity index (χ0) is 11.1. The Morgan fingerprint density at radius 1 is 1.47 bits per heavy atom. The third-order valence-corrected chi connectivity index (χ3v) is 3.32. The van der Waals surface area contributed by atoms with E-state index in [2.05, 4.69) is 28.7 Å². The minimum absolute atomic E-state index is 0.102. The zero-order valence-electron chi connectivity index (χ0n) is 9.00. The van der Waals surface area contributed by atoms with Crippen LogP contribution in [-0.4, -0.2) is 22.1 Å². The Balaban J connectivity index is 2.41. The maximum absolute atomic E-state index is 6.11. The van der Waals surface area contributed by atoms with E-state index >= 15 is 0 Å². The van der Waals surface area contributed by atoms with Crippen molar-refractivity contribution >= 4 is 23.2 Å². The maximum Gasteiger partial charge on any atom is 0.153 e. The molecule has 1 fully saturated rings. The van der Waals surface area contributed by atoms with Crippen molar-refractivity contribution in [3.8, 4) is 0 Å². The van der Waals surface area contributed by atoms with Crippen LogP contribution in [0.5, 0.6) is 0 Å². The molecular weight excluding hydrogens is 212 g/mol. The summed E-state index contributed by atoms with van der Waals surface area (Å²) in [7, 11) is 0. The van der Waals surface area contributed by atoms with Gasteiger partial charge in [0.1, 0.15) is 17.2 Å². The lowest BCUT2D eigenvalue weighted by atomic mass is 10.0. The highest BCUT2D eigenvalue weighted by Crippen LogP contribution is 2.37. The van der Waals surface area contributed by atoms with Crippen LogP contribution in [0.1, 0.15) is 26.7 Å². The SMILES string of the molecule is CC1(C)CCCN1c1ncnc(N)c1Cl. The van der Waals surface area contributed by atoms with Crippen LogP contribution in [0.2, 0.25) is 5.02 Å². The van der Waals surface area contributed by atoms with E-state index in [0.29, 0.717) is 10.8 Å². The second-order valence-electron chi connectivity index (χ2n) is 4.46. The van der Waals surface area contributed by atoms with Gasteiger partial charge in [0.05, 0.1) is 0 Å². The van der Waals surface area contributed by atoms with Crippen LogP contribution in [-0.2, 0) is 0 Å². The van der Waals surface area contributed by atoms with Crippen LogP contribution in [0.25, 0.3) is 0 Å². The monoisotopic (exact) mass is 226 g/mol. The quantitative estimate of drug-likeness (QED) is 0.797. The summed E-state index contributed by atoms with van der Waals surface area (Å²) in [5, 5.41) is 0.465. The summed E-state index contributed by atoms with van der Waals surface area (Å²) in [5.41, 5.74) is 5.77. The number of nitrogens with zero attached hydrogens (tertiary/aromatic N) is 3. The van der Waals surface area contributed by atoms with Crippen LogP contribution >= 0.6 is 11.6 Å². The number of nitrogens with two attached hydrogens (primary N) is 1. The molecule has 4 nitrogen and oxygen atoms in total. The predicted octanol–water partition coefficient (Wildman–Crippen LogP) is 2.09. The molecule has 15 heavy (non-hydrogen) atoms. The number of hydrogen-bond donors (Lipinski definition) is 1. The summed E-state index contributed by atoms with van der Waals surface area (Å²) < 4.78 is 0. The predicted molar refractivity (Wildman–Crippen MR) is 62.1 cm³/mol. The first kappa shape index (κ1) is 10.5. The lowest BCUT2D eigenvalue weighted by Gasteiger charge is -2.33. The standard InChI is InChI=1S/C10H15ClN4/c1-10(2)4-3-5-15(10)9-7(11)8(12)13-6-14-9/h6H,3-5H2,1-2H3,(H2,12,13,14). The fraction of sp³-hybridized carbons (Fsp3) is 0.600. The lowest BCUT2D eigenvalue weighted by Crippen LogP contribution is -2.39. The van der Waals surface area contributed by atoms with Gasteiger partial charge < -0.3 is 10.6 Å². The molecule has 2 rings (SSSR count). The molecule has 2 N–H and O–H groups in total. The Bertz CT molecular complexity index is 378. The second kappa shape index (κ2) is 3.52. The molecule has 1 aliphatic rings. The van der Waals surface area contributed by atoms with Crippen molar-refractivity contribution in [2.75, 3.05) is 17.2 Å². The van der Waals surface area contributed by atoms with E-state index in [4.69, 9.17) is 17.3 Å². The van der Waals surface area contributed by atoms with Crippen LogP contribution < -0.4 is 10.6 Å². The van der Waals surface area contributed by atoms with Gasteiger partial charge in [0.2, 0.25) is 0 Å². The molecule has 0 bridgehead atoms. The summed E-state index contributed by atoms with van der Waals surface area (Å²) in [6.07, 6.45) is 3.77. The van der Waals surface area contributed by atoms with Crippen LogP contribution in [0.15, 0.2) is 6.33 Å². The van der Waals surface area contributed by atoms with E-state index in [1.165, 1.54) is 6.33 Å². The molecule has 1 aromatic heterocycles. The van der Waals surface area contributed by atoms with Crippen molar-refractivity contribution in [3.05, 3.63) is 11.3 Å². The van der Waals surface area contributed by atoms with Gasteiger partial charge in [0, 0.05) is 12.1 Å². The highest BCUT2D eigenvalue weighted by molar-refractivity contribution is 6.35. The molecule has 0 atom stereocenters. The summed E-state index contributed by atoms with van der Waals surface area (Å²) in [6.45, 7) is 5.35. The van der Waals surface area contributed by atoms with Crippen LogP contribution in [0.4, 0.5) is 11.6 Å². The van der Waals surface area contributed by atoms with Crippen molar-refractivity contribution in [2.24, 2.45) is 0 Å². The maximum atomic E-state index is 6.11. The Labute approximate surface area is 94.5 Å². The molecule has 0 unspecified atom stereocenters. The number of anilines is 2. The molecule has 0 saturated carbocycles. The molecule has 0 aliphatic carbocycles.